The molecule has 0 saturated heterocycles. The number of amides is 1. The van der Waals surface area contributed by atoms with Crippen LogP contribution in [0.25, 0.3) is 0 Å². The molecule has 6 heteroatoms. The van der Waals surface area contributed by atoms with Crippen LogP contribution in [-0.4, -0.2) is 37.6 Å². The van der Waals surface area contributed by atoms with Crippen LogP contribution in [0, 0.1) is 5.92 Å². The van der Waals surface area contributed by atoms with Crippen molar-refractivity contribution in [3.05, 3.63) is 28.8 Å². The largest absolute Gasteiger partial charge is 0.478 e. The summed E-state index contributed by atoms with van der Waals surface area (Å²) in [5, 5.41) is 12.2. The van der Waals surface area contributed by atoms with E-state index >= 15 is 0 Å². The highest BCUT2D eigenvalue weighted by molar-refractivity contribution is 6.31. The zero-order chi connectivity index (χ0) is 14.6. The second kappa shape index (κ2) is 6.43. The summed E-state index contributed by atoms with van der Waals surface area (Å²) in [6.07, 6.45) is 0. The summed E-state index contributed by atoms with van der Waals surface area (Å²) in [6.45, 7) is 2.18. The Morgan fingerprint density at radius 1 is 1.47 bits per heavy atom. The van der Waals surface area contributed by atoms with Gasteiger partial charge in [0.15, 0.2) is 0 Å². The van der Waals surface area contributed by atoms with Gasteiger partial charge in [-0.3, -0.25) is 4.79 Å². The van der Waals surface area contributed by atoms with Crippen LogP contribution in [0.5, 0.6) is 0 Å². The molecule has 1 unspecified atom stereocenters. The minimum absolute atomic E-state index is 0.0919. The van der Waals surface area contributed by atoms with Gasteiger partial charge in [-0.1, -0.05) is 18.5 Å². The molecule has 0 radical (unpaired) electrons. The van der Waals surface area contributed by atoms with Gasteiger partial charge in [-0.2, -0.15) is 0 Å². The molecule has 0 saturated carbocycles. The average molecular weight is 285 g/mol. The van der Waals surface area contributed by atoms with Gasteiger partial charge >= 0.3 is 5.97 Å². The molecule has 0 spiro atoms. The third-order valence-electron chi connectivity index (χ3n) is 2.84. The van der Waals surface area contributed by atoms with Crippen LogP contribution >= 0.6 is 11.6 Å². The van der Waals surface area contributed by atoms with Crippen molar-refractivity contribution in [3.63, 3.8) is 0 Å². The summed E-state index contributed by atoms with van der Waals surface area (Å²) in [5.74, 6) is -1.37. The number of nitrogens with one attached hydrogen (secondary N) is 1. The molecule has 104 valence electrons. The SMILES string of the molecule is CNC(=O)C(C)CN(C)c1cc(Cl)ccc1C(=O)O. The zero-order valence-electron chi connectivity index (χ0n) is 11.1. The number of carbonyl (C=O) groups is 2. The van der Waals surface area contributed by atoms with Crippen LogP contribution in [0.3, 0.4) is 0 Å². The monoisotopic (exact) mass is 284 g/mol. The molecule has 1 aromatic carbocycles. The zero-order valence-corrected chi connectivity index (χ0v) is 11.9. The number of anilines is 1. The molecule has 5 nitrogen and oxygen atoms in total. The predicted octanol–water partition coefficient (Wildman–Crippen LogP) is 1.86. The summed E-state index contributed by atoms with van der Waals surface area (Å²) < 4.78 is 0. The number of aromatic carboxylic acids is 1. The maximum absolute atomic E-state index is 11.5. The second-order valence-electron chi connectivity index (χ2n) is 4.36. The smallest absolute Gasteiger partial charge is 0.337 e. The van der Waals surface area contributed by atoms with Crippen molar-refractivity contribution >= 4 is 29.2 Å². The molecule has 1 amide bonds. The number of hydrogen-bond donors (Lipinski definition) is 2. The van der Waals surface area contributed by atoms with Crippen molar-refractivity contribution in [2.24, 2.45) is 5.92 Å². The number of nitrogens with zero attached hydrogens (tertiary/aromatic N) is 1. The van der Waals surface area contributed by atoms with Crippen molar-refractivity contribution in [1.82, 2.24) is 5.32 Å². The topological polar surface area (TPSA) is 69.6 Å². The minimum Gasteiger partial charge on any atom is -0.478 e. The standard InChI is InChI=1S/C13H17ClN2O3/c1-8(12(17)15-2)7-16(3)11-6-9(14)4-5-10(11)13(18)19/h4-6,8H,7H2,1-3H3,(H,15,17)(H,18,19). The van der Waals surface area contributed by atoms with E-state index in [0.717, 1.165) is 0 Å². The van der Waals surface area contributed by atoms with E-state index in [1.807, 2.05) is 0 Å². The molecule has 1 rings (SSSR count). The summed E-state index contributed by atoms with van der Waals surface area (Å²) >= 11 is 5.89. The first-order valence-corrected chi connectivity index (χ1v) is 6.20. The number of hydrogen-bond acceptors (Lipinski definition) is 3. The maximum atomic E-state index is 11.5. The third kappa shape index (κ3) is 3.86. The number of halogens is 1. The molecule has 0 aliphatic carbocycles. The lowest BCUT2D eigenvalue weighted by Crippen LogP contribution is -2.34. The van der Waals surface area contributed by atoms with Crippen molar-refractivity contribution < 1.29 is 14.7 Å². The molecule has 0 aliphatic rings. The quantitative estimate of drug-likeness (QED) is 0.866. The molecular formula is C13H17ClN2O3. The van der Waals surface area contributed by atoms with E-state index in [1.54, 1.807) is 32.0 Å². The van der Waals surface area contributed by atoms with Crippen LogP contribution in [0.4, 0.5) is 5.69 Å². The van der Waals surface area contributed by atoms with E-state index in [2.05, 4.69) is 5.32 Å². The Labute approximate surface area is 117 Å². The fourth-order valence-electron chi connectivity index (χ4n) is 1.84. The molecule has 0 fully saturated rings. The highest BCUT2D eigenvalue weighted by atomic mass is 35.5. The molecule has 0 bridgehead atoms. The lowest BCUT2D eigenvalue weighted by Gasteiger charge is -2.24. The van der Waals surface area contributed by atoms with Gasteiger partial charge in [0.2, 0.25) is 5.91 Å². The highest BCUT2D eigenvalue weighted by Crippen LogP contribution is 2.24. The van der Waals surface area contributed by atoms with Crippen molar-refractivity contribution in [3.8, 4) is 0 Å². The highest BCUT2D eigenvalue weighted by Gasteiger charge is 2.18. The van der Waals surface area contributed by atoms with Crippen LogP contribution in [0.2, 0.25) is 5.02 Å². The van der Waals surface area contributed by atoms with Crippen LogP contribution in [-0.2, 0) is 4.79 Å². The Kier molecular flexibility index (Phi) is 5.18. The lowest BCUT2D eigenvalue weighted by molar-refractivity contribution is -0.123. The van der Waals surface area contributed by atoms with Crippen molar-refractivity contribution in [2.45, 2.75) is 6.92 Å². The third-order valence-corrected chi connectivity index (χ3v) is 3.08. The molecule has 2 N–H and O–H groups in total. The van der Waals surface area contributed by atoms with Gasteiger partial charge in [-0.25, -0.2) is 4.79 Å². The van der Waals surface area contributed by atoms with Gasteiger partial charge in [0, 0.05) is 25.7 Å². The van der Waals surface area contributed by atoms with Gasteiger partial charge < -0.3 is 15.3 Å². The van der Waals surface area contributed by atoms with E-state index in [9.17, 15) is 9.59 Å². The summed E-state index contributed by atoms with van der Waals surface area (Å²) in [4.78, 5) is 24.4. The number of benzene rings is 1. The fourth-order valence-corrected chi connectivity index (χ4v) is 2.01. The molecule has 0 aromatic heterocycles. The van der Waals surface area contributed by atoms with Gasteiger partial charge in [0.05, 0.1) is 17.2 Å². The molecule has 0 aliphatic heterocycles. The van der Waals surface area contributed by atoms with E-state index < -0.39 is 5.97 Å². The van der Waals surface area contributed by atoms with Crippen LogP contribution < -0.4 is 10.2 Å². The fraction of sp³-hybridized carbons (Fsp3) is 0.385. The Bertz CT molecular complexity index is 491. The summed E-state index contributed by atoms with van der Waals surface area (Å²) in [7, 11) is 3.30. The molecule has 0 heterocycles. The summed E-state index contributed by atoms with van der Waals surface area (Å²) in [5.41, 5.74) is 0.659. The van der Waals surface area contributed by atoms with Gasteiger partial charge in [0.25, 0.3) is 0 Å². The first-order chi connectivity index (χ1) is 8.86. The molecule has 19 heavy (non-hydrogen) atoms. The minimum atomic E-state index is -1.02. The summed E-state index contributed by atoms with van der Waals surface area (Å²) in [6, 6.07) is 4.58. The Balaban J connectivity index is 2.98. The van der Waals surface area contributed by atoms with Crippen LogP contribution in [0.1, 0.15) is 17.3 Å². The van der Waals surface area contributed by atoms with Crippen molar-refractivity contribution in [1.29, 1.82) is 0 Å². The Hall–Kier alpha value is -1.75. The van der Waals surface area contributed by atoms with E-state index in [-0.39, 0.29) is 17.4 Å². The Morgan fingerprint density at radius 2 is 2.11 bits per heavy atom. The van der Waals surface area contributed by atoms with E-state index in [1.165, 1.54) is 12.1 Å². The van der Waals surface area contributed by atoms with Crippen molar-refractivity contribution in [2.75, 3.05) is 25.5 Å². The second-order valence-corrected chi connectivity index (χ2v) is 4.80. The molecular weight excluding hydrogens is 268 g/mol. The molecule has 1 aromatic rings. The maximum Gasteiger partial charge on any atom is 0.337 e. The first kappa shape index (κ1) is 15.3. The van der Waals surface area contributed by atoms with Gasteiger partial charge in [0.1, 0.15) is 0 Å². The van der Waals surface area contributed by atoms with Crippen LogP contribution in [0.15, 0.2) is 18.2 Å². The van der Waals surface area contributed by atoms with Gasteiger partial charge in [-0.15, -0.1) is 0 Å². The lowest BCUT2D eigenvalue weighted by atomic mass is 10.1. The predicted molar refractivity (Wildman–Crippen MR) is 74.9 cm³/mol. The average Bonchev–Trinajstić information content (AvgIpc) is 2.36. The van der Waals surface area contributed by atoms with E-state index in [4.69, 9.17) is 16.7 Å². The van der Waals surface area contributed by atoms with Gasteiger partial charge in [-0.05, 0) is 18.2 Å². The number of rotatable bonds is 5. The Morgan fingerprint density at radius 3 is 2.63 bits per heavy atom. The number of carboxylic acids is 1. The molecule has 1 atom stereocenters. The number of carbonyl (C=O) groups excluding carboxylic acids is 1. The normalized spacial score (nSPS) is 11.8. The van der Waals surface area contributed by atoms with E-state index in [0.29, 0.717) is 17.3 Å². The number of carboxylic acid groups (broad SMARTS) is 1. The first-order valence-electron chi connectivity index (χ1n) is 5.82.